The molecule has 0 spiro atoms. The molecule has 0 saturated heterocycles. The molecule has 2 aromatic heterocycles. The highest BCUT2D eigenvalue weighted by Crippen LogP contribution is 2.34. The number of rotatable bonds is 4. The zero-order chi connectivity index (χ0) is 18.9. The van der Waals surface area contributed by atoms with E-state index in [4.69, 9.17) is 16.0 Å². The smallest absolute Gasteiger partial charge is 0.417 e. The molecular weight excluding hydrogens is 393 g/mol. The first-order valence-electron chi connectivity index (χ1n) is 7.11. The molecule has 3 aromatic rings. The van der Waals surface area contributed by atoms with Crippen molar-refractivity contribution < 1.29 is 27.1 Å². The number of hydrogen-bond acceptors (Lipinski definition) is 6. The summed E-state index contributed by atoms with van der Waals surface area (Å²) in [6.07, 6.45) is -3.78. The summed E-state index contributed by atoms with van der Waals surface area (Å²) in [5.74, 6) is 0.0325. The van der Waals surface area contributed by atoms with Crippen LogP contribution in [0.1, 0.15) is 21.8 Å². The highest BCUT2D eigenvalue weighted by molar-refractivity contribution is 7.98. The second-order valence-corrected chi connectivity index (χ2v) is 6.45. The van der Waals surface area contributed by atoms with Gasteiger partial charge in [0.1, 0.15) is 10.5 Å². The monoisotopic (exact) mass is 402 g/mol. The maximum atomic E-state index is 12.6. The average Bonchev–Trinajstić information content (AvgIpc) is 3.01. The second kappa shape index (κ2) is 7.16. The quantitative estimate of drug-likeness (QED) is 0.453. The number of alkyl halides is 3. The van der Waals surface area contributed by atoms with Crippen molar-refractivity contribution in [3.63, 3.8) is 0 Å². The summed E-state index contributed by atoms with van der Waals surface area (Å²) in [5, 5.41) is 0.131. The Labute approximate surface area is 154 Å². The van der Waals surface area contributed by atoms with Gasteiger partial charge in [-0.3, -0.25) is 0 Å². The van der Waals surface area contributed by atoms with E-state index >= 15 is 0 Å². The number of methoxy groups -OCH3 is 1. The van der Waals surface area contributed by atoms with Crippen molar-refractivity contribution in [3.8, 4) is 0 Å². The number of carbonyl (C=O) groups is 1. The number of oxazole rings is 1. The number of nitrogens with zero attached hydrogens (tertiary/aromatic N) is 2. The molecule has 0 aliphatic heterocycles. The molecule has 0 aliphatic carbocycles. The maximum absolute atomic E-state index is 12.6. The first-order chi connectivity index (χ1) is 12.3. The molecule has 5 nitrogen and oxygen atoms in total. The van der Waals surface area contributed by atoms with Crippen LogP contribution in [0.25, 0.3) is 11.1 Å². The first kappa shape index (κ1) is 18.5. The van der Waals surface area contributed by atoms with Crippen molar-refractivity contribution in [3.05, 3.63) is 52.5 Å². The van der Waals surface area contributed by atoms with Gasteiger partial charge in [-0.2, -0.15) is 13.2 Å². The lowest BCUT2D eigenvalue weighted by molar-refractivity contribution is -0.137. The summed E-state index contributed by atoms with van der Waals surface area (Å²) in [7, 11) is 1.27. The summed E-state index contributed by atoms with van der Waals surface area (Å²) in [4.78, 5) is 19.5. The summed E-state index contributed by atoms with van der Waals surface area (Å²) >= 11 is 6.96. The Balaban J connectivity index is 1.76. The Kier molecular flexibility index (Phi) is 5.10. The fourth-order valence-corrected chi connectivity index (χ4v) is 3.13. The van der Waals surface area contributed by atoms with Gasteiger partial charge in [-0.1, -0.05) is 23.4 Å². The normalized spacial score (nSPS) is 11.7. The topological polar surface area (TPSA) is 65.2 Å². The third-order valence-electron chi connectivity index (χ3n) is 3.32. The number of fused-ring (bicyclic) bond motifs is 1. The molecule has 10 heteroatoms. The SMILES string of the molecule is COC(=O)c1ccc2nc(CSc3ncc(C(F)(F)F)cc3Cl)oc2c1. The second-order valence-electron chi connectivity index (χ2n) is 5.08. The third-order valence-corrected chi connectivity index (χ3v) is 4.71. The number of aromatic nitrogens is 2. The van der Waals surface area contributed by atoms with E-state index in [0.717, 1.165) is 24.0 Å². The van der Waals surface area contributed by atoms with Gasteiger partial charge >= 0.3 is 12.1 Å². The molecule has 0 radical (unpaired) electrons. The number of esters is 1. The van der Waals surface area contributed by atoms with Crippen LogP contribution >= 0.6 is 23.4 Å². The number of pyridine rings is 1. The van der Waals surface area contributed by atoms with E-state index < -0.39 is 17.7 Å². The van der Waals surface area contributed by atoms with Crippen molar-refractivity contribution >= 4 is 40.4 Å². The lowest BCUT2D eigenvalue weighted by Crippen LogP contribution is -2.05. The van der Waals surface area contributed by atoms with E-state index in [1.165, 1.54) is 13.2 Å². The van der Waals surface area contributed by atoms with Gasteiger partial charge in [0.05, 0.1) is 29.0 Å². The fraction of sp³-hybridized carbons (Fsp3) is 0.188. The molecule has 0 bridgehead atoms. The molecule has 0 saturated carbocycles. The molecule has 0 amide bonds. The van der Waals surface area contributed by atoms with E-state index in [1.807, 2.05) is 0 Å². The molecule has 1 aromatic carbocycles. The Bertz CT molecular complexity index is 975. The fourth-order valence-electron chi connectivity index (χ4n) is 2.10. The number of ether oxygens (including phenoxy) is 1. The van der Waals surface area contributed by atoms with E-state index in [2.05, 4.69) is 14.7 Å². The summed E-state index contributed by atoms with van der Waals surface area (Å²) < 4.78 is 48.0. The Morgan fingerprint density at radius 3 is 2.77 bits per heavy atom. The van der Waals surface area contributed by atoms with Crippen molar-refractivity contribution in [2.75, 3.05) is 7.11 Å². The zero-order valence-electron chi connectivity index (χ0n) is 13.1. The van der Waals surface area contributed by atoms with Crippen LogP contribution in [0.2, 0.25) is 5.02 Å². The van der Waals surface area contributed by atoms with Crippen LogP contribution in [0.15, 0.2) is 39.9 Å². The van der Waals surface area contributed by atoms with Crippen molar-refractivity contribution in [2.45, 2.75) is 17.0 Å². The number of thioether (sulfide) groups is 1. The summed E-state index contributed by atoms with van der Waals surface area (Å²) in [6.45, 7) is 0. The molecule has 0 unspecified atom stereocenters. The van der Waals surface area contributed by atoms with Crippen LogP contribution in [0.5, 0.6) is 0 Å². The maximum Gasteiger partial charge on any atom is 0.417 e. The average molecular weight is 403 g/mol. The Morgan fingerprint density at radius 2 is 2.12 bits per heavy atom. The van der Waals surface area contributed by atoms with Crippen molar-refractivity contribution in [1.82, 2.24) is 9.97 Å². The number of carbonyl (C=O) groups excluding carboxylic acids is 1. The summed E-state index contributed by atoms with van der Waals surface area (Å²) in [5.41, 5.74) is 0.349. The molecule has 136 valence electrons. The molecule has 0 atom stereocenters. The van der Waals surface area contributed by atoms with Crippen LogP contribution in [0.3, 0.4) is 0 Å². The van der Waals surface area contributed by atoms with Gasteiger partial charge in [0.2, 0.25) is 5.89 Å². The molecule has 0 aliphatic rings. The van der Waals surface area contributed by atoms with Crippen LogP contribution in [-0.4, -0.2) is 23.0 Å². The van der Waals surface area contributed by atoms with Crippen LogP contribution in [0.4, 0.5) is 13.2 Å². The minimum atomic E-state index is -4.50. The molecule has 3 rings (SSSR count). The van der Waals surface area contributed by atoms with E-state index in [-0.39, 0.29) is 15.8 Å². The summed E-state index contributed by atoms with van der Waals surface area (Å²) in [6, 6.07) is 5.50. The molecule has 0 N–H and O–H groups in total. The molecule has 2 heterocycles. The number of halogens is 4. The Hall–Kier alpha value is -2.26. The highest BCUT2D eigenvalue weighted by atomic mass is 35.5. The highest BCUT2D eigenvalue weighted by Gasteiger charge is 2.31. The van der Waals surface area contributed by atoms with Crippen molar-refractivity contribution in [1.29, 1.82) is 0 Å². The van der Waals surface area contributed by atoms with Gasteiger partial charge < -0.3 is 9.15 Å². The van der Waals surface area contributed by atoms with Gasteiger partial charge in [0.25, 0.3) is 0 Å². The number of benzene rings is 1. The third kappa shape index (κ3) is 3.94. The molecular formula is C16H10ClF3N2O3S. The van der Waals surface area contributed by atoms with Crippen LogP contribution in [0, 0.1) is 0 Å². The van der Waals surface area contributed by atoms with Gasteiger partial charge in [0, 0.05) is 6.20 Å². The van der Waals surface area contributed by atoms with E-state index in [9.17, 15) is 18.0 Å². The lowest BCUT2D eigenvalue weighted by atomic mass is 10.2. The van der Waals surface area contributed by atoms with E-state index in [1.54, 1.807) is 12.1 Å². The first-order valence-corrected chi connectivity index (χ1v) is 8.47. The zero-order valence-corrected chi connectivity index (χ0v) is 14.7. The van der Waals surface area contributed by atoms with Crippen LogP contribution < -0.4 is 0 Å². The van der Waals surface area contributed by atoms with Gasteiger partial charge in [-0.05, 0) is 24.3 Å². The van der Waals surface area contributed by atoms with E-state index in [0.29, 0.717) is 22.6 Å². The molecule has 26 heavy (non-hydrogen) atoms. The van der Waals surface area contributed by atoms with Gasteiger partial charge in [0.15, 0.2) is 5.58 Å². The standard InChI is InChI=1S/C16H10ClF3N2O3S/c1-24-15(23)8-2-3-11-12(4-8)25-13(22-11)7-26-14-10(17)5-9(6-21-14)16(18,19)20/h2-6H,7H2,1H3. The Morgan fingerprint density at radius 1 is 1.35 bits per heavy atom. The minimum Gasteiger partial charge on any atom is -0.465 e. The van der Waals surface area contributed by atoms with Crippen LogP contribution in [-0.2, 0) is 16.7 Å². The predicted molar refractivity (Wildman–Crippen MR) is 89.2 cm³/mol. The minimum absolute atomic E-state index is 0.103. The lowest BCUT2D eigenvalue weighted by Gasteiger charge is -2.08. The predicted octanol–water partition coefficient (Wildman–Crippen LogP) is 4.97. The van der Waals surface area contributed by atoms with Gasteiger partial charge in [-0.15, -0.1) is 0 Å². The van der Waals surface area contributed by atoms with Crippen molar-refractivity contribution in [2.24, 2.45) is 0 Å². The molecule has 0 fully saturated rings. The van der Waals surface area contributed by atoms with Gasteiger partial charge in [-0.25, -0.2) is 14.8 Å². The largest absolute Gasteiger partial charge is 0.465 e. The number of hydrogen-bond donors (Lipinski definition) is 0.